The Bertz CT molecular complexity index is 207. The standard InChI is InChI=1S/C7H10INO3/c8-3-5-1-4(2-6(9)10)7(11)12-5/h4-5H,1-3H2,(H2,9,10)/t4-,5+/m0/s1. The molecule has 0 bridgehead atoms. The summed E-state index contributed by atoms with van der Waals surface area (Å²) in [6.45, 7) is 0. The Labute approximate surface area is 84.0 Å². The van der Waals surface area contributed by atoms with Crippen molar-refractivity contribution >= 4 is 34.5 Å². The van der Waals surface area contributed by atoms with E-state index in [1.54, 1.807) is 0 Å². The van der Waals surface area contributed by atoms with Crippen LogP contribution in [-0.2, 0) is 14.3 Å². The first-order valence-corrected chi connectivity index (χ1v) is 5.20. The molecule has 1 saturated heterocycles. The van der Waals surface area contributed by atoms with Crippen LogP contribution >= 0.6 is 22.6 Å². The van der Waals surface area contributed by atoms with Crippen LogP contribution in [0, 0.1) is 5.92 Å². The van der Waals surface area contributed by atoms with Gasteiger partial charge in [0.25, 0.3) is 0 Å². The Balaban J connectivity index is 2.46. The van der Waals surface area contributed by atoms with E-state index in [4.69, 9.17) is 10.5 Å². The van der Waals surface area contributed by atoms with Crippen molar-refractivity contribution < 1.29 is 14.3 Å². The number of hydrogen-bond acceptors (Lipinski definition) is 3. The third-order valence-electron chi connectivity index (χ3n) is 1.78. The predicted octanol–water partition coefficient (Wildman–Crippen LogP) is 0.228. The van der Waals surface area contributed by atoms with Gasteiger partial charge in [-0.15, -0.1) is 0 Å². The first-order chi connectivity index (χ1) is 5.63. The number of ether oxygens (including phenoxy) is 1. The van der Waals surface area contributed by atoms with Crippen LogP contribution in [0.5, 0.6) is 0 Å². The second-order valence-electron chi connectivity index (χ2n) is 2.82. The van der Waals surface area contributed by atoms with Crippen molar-refractivity contribution in [3.63, 3.8) is 0 Å². The van der Waals surface area contributed by atoms with Crippen molar-refractivity contribution in [2.75, 3.05) is 4.43 Å². The monoisotopic (exact) mass is 283 g/mol. The summed E-state index contributed by atoms with van der Waals surface area (Å²) in [5.74, 6) is -1.02. The first kappa shape index (κ1) is 9.76. The SMILES string of the molecule is NC(=O)C[C@@H]1C[C@H](CI)OC1=O. The molecule has 4 nitrogen and oxygen atoms in total. The summed E-state index contributed by atoms with van der Waals surface area (Å²) in [6.07, 6.45) is 0.721. The molecule has 5 heteroatoms. The fourth-order valence-electron chi connectivity index (χ4n) is 1.23. The number of alkyl halides is 1. The summed E-state index contributed by atoms with van der Waals surface area (Å²) in [4.78, 5) is 21.6. The molecule has 0 unspecified atom stereocenters. The molecule has 1 heterocycles. The summed E-state index contributed by atoms with van der Waals surface area (Å²) in [7, 11) is 0. The number of cyclic esters (lactones) is 1. The molecule has 0 aliphatic carbocycles. The molecule has 2 atom stereocenters. The molecule has 2 N–H and O–H groups in total. The number of primary amides is 1. The summed E-state index contributed by atoms with van der Waals surface area (Å²) < 4.78 is 5.75. The maximum atomic E-state index is 11.0. The average molecular weight is 283 g/mol. The van der Waals surface area contributed by atoms with Crippen molar-refractivity contribution in [1.82, 2.24) is 0 Å². The number of amides is 1. The Hall–Kier alpha value is -0.330. The van der Waals surface area contributed by atoms with Gasteiger partial charge in [0.05, 0.1) is 5.92 Å². The van der Waals surface area contributed by atoms with Crippen molar-refractivity contribution in [3.05, 3.63) is 0 Å². The largest absolute Gasteiger partial charge is 0.461 e. The minimum absolute atomic E-state index is 0.0255. The van der Waals surface area contributed by atoms with Crippen LogP contribution in [0.1, 0.15) is 12.8 Å². The molecule has 12 heavy (non-hydrogen) atoms. The first-order valence-electron chi connectivity index (χ1n) is 3.68. The zero-order valence-corrected chi connectivity index (χ0v) is 8.61. The van der Waals surface area contributed by atoms with E-state index in [9.17, 15) is 9.59 Å². The Morgan fingerprint density at radius 1 is 1.75 bits per heavy atom. The molecule has 1 aliphatic rings. The molecule has 0 aromatic rings. The number of rotatable bonds is 3. The van der Waals surface area contributed by atoms with E-state index < -0.39 is 5.91 Å². The molecule has 1 rings (SSSR count). The van der Waals surface area contributed by atoms with Crippen molar-refractivity contribution in [1.29, 1.82) is 0 Å². The van der Waals surface area contributed by atoms with Gasteiger partial charge < -0.3 is 10.5 Å². The number of esters is 1. The number of carbonyl (C=O) groups excluding carboxylic acids is 2. The van der Waals surface area contributed by atoms with Crippen LogP contribution in [0.2, 0.25) is 0 Å². The molecule has 0 saturated carbocycles. The van der Waals surface area contributed by atoms with Gasteiger partial charge in [-0.25, -0.2) is 0 Å². The van der Waals surface area contributed by atoms with Gasteiger partial charge in [-0.1, -0.05) is 22.6 Å². The third kappa shape index (κ3) is 2.33. The number of hydrogen-bond donors (Lipinski definition) is 1. The van der Waals surface area contributed by atoms with E-state index in [1.807, 2.05) is 0 Å². The number of nitrogens with two attached hydrogens (primary N) is 1. The highest BCUT2D eigenvalue weighted by molar-refractivity contribution is 14.1. The molecule has 1 fully saturated rings. The summed E-state index contributed by atoms with van der Waals surface area (Å²) >= 11 is 2.15. The molecular formula is C7H10INO3. The highest BCUT2D eigenvalue weighted by Crippen LogP contribution is 2.24. The summed E-state index contributed by atoms with van der Waals surface area (Å²) in [6, 6.07) is 0. The van der Waals surface area contributed by atoms with Gasteiger partial charge >= 0.3 is 5.97 Å². The van der Waals surface area contributed by atoms with Crippen molar-refractivity contribution in [3.8, 4) is 0 Å². The molecule has 0 spiro atoms. The van der Waals surface area contributed by atoms with Crippen LogP contribution in [0.4, 0.5) is 0 Å². The predicted molar refractivity (Wildman–Crippen MR) is 50.7 cm³/mol. The maximum absolute atomic E-state index is 11.0. The second kappa shape index (κ2) is 4.06. The highest BCUT2D eigenvalue weighted by Gasteiger charge is 2.34. The fraction of sp³-hybridized carbons (Fsp3) is 0.714. The van der Waals surface area contributed by atoms with Gasteiger partial charge in [-0.3, -0.25) is 9.59 Å². The summed E-state index contributed by atoms with van der Waals surface area (Å²) in [5, 5.41) is 0. The zero-order chi connectivity index (χ0) is 9.14. The summed E-state index contributed by atoms with van der Waals surface area (Å²) in [5.41, 5.74) is 4.97. The fourth-order valence-corrected chi connectivity index (χ4v) is 1.77. The van der Waals surface area contributed by atoms with Gasteiger partial charge in [-0.2, -0.15) is 0 Å². The van der Waals surface area contributed by atoms with Gasteiger partial charge in [0, 0.05) is 10.8 Å². The quantitative estimate of drug-likeness (QED) is 0.458. The van der Waals surface area contributed by atoms with Gasteiger partial charge in [-0.05, 0) is 6.42 Å². The topological polar surface area (TPSA) is 69.4 Å². The van der Waals surface area contributed by atoms with Crippen LogP contribution in [-0.4, -0.2) is 22.4 Å². The van der Waals surface area contributed by atoms with Crippen molar-refractivity contribution in [2.45, 2.75) is 18.9 Å². The molecular weight excluding hydrogens is 273 g/mol. The smallest absolute Gasteiger partial charge is 0.309 e. The maximum Gasteiger partial charge on any atom is 0.309 e. The molecule has 68 valence electrons. The Kier molecular flexibility index (Phi) is 3.30. The second-order valence-corrected chi connectivity index (χ2v) is 3.70. The van der Waals surface area contributed by atoms with Crippen LogP contribution in [0.3, 0.4) is 0 Å². The molecule has 0 radical (unpaired) electrons. The van der Waals surface area contributed by atoms with E-state index in [-0.39, 0.29) is 24.4 Å². The Morgan fingerprint density at radius 3 is 2.83 bits per heavy atom. The minimum Gasteiger partial charge on any atom is -0.461 e. The van der Waals surface area contributed by atoms with Crippen LogP contribution in [0.25, 0.3) is 0 Å². The van der Waals surface area contributed by atoms with Crippen LogP contribution < -0.4 is 5.73 Å². The molecule has 1 aliphatic heterocycles. The van der Waals surface area contributed by atoms with Crippen LogP contribution in [0.15, 0.2) is 0 Å². The van der Waals surface area contributed by atoms with E-state index in [1.165, 1.54) is 0 Å². The van der Waals surface area contributed by atoms with Gasteiger partial charge in [0.15, 0.2) is 0 Å². The van der Waals surface area contributed by atoms with E-state index in [2.05, 4.69) is 22.6 Å². The molecule has 0 aromatic carbocycles. The minimum atomic E-state index is -0.439. The molecule has 0 aromatic heterocycles. The lowest BCUT2D eigenvalue weighted by Crippen LogP contribution is -2.19. The van der Waals surface area contributed by atoms with E-state index in [0.29, 0.717) is 6.42 Å². The lowest BCUT2D eigenvalue weighted by atomic mass is 10.0. The lowest BCUT2D eigenvalue weighted by Gasteiger charge is -2.01. The van der Waals surface area contributed by atoms with E-state index >= 15 is 0 Å². The zero-order valence-electron chi connectivity index (χ0n) is 6.46. The average Bonchev–Trinajstić information content (AvgIpc) is 2.31. The third-order valence-corrected chi connectivity index (χ3v) is 2.77. The molecule has 1 amide bonds. The van der Waals surface area contributed by atoms with E-state index in [0.717, 1.165) is 4.43 Å². The van der Waals surface area contributed by atoms with Gasteiger partial charge in [0.1, 0.15) is 6.10 Å². The highest BCUT2D eigenvalue weighted by atomic mass is 127. The Morgan fingerprint density at radius 2 is 2.42 bits per heavy atom. The van der Waals surface area contributed by atoms with Crippen molar-refractivity contribution in [2.24, 2.45) is 11.7 Å². The normalized spacial score (nSPS) is 28.6. The van der Waals surface area contributed by atoms with Gasteiger partial charge in [0.2, 0.25) is 5.91 Å². The lowest BCUT2D eigenvalue weighted by molar-refractivity contribution is -0.144. The number of halogens is 1. The number of carbonyl (C=O) groups is 2.